The van der Waals surface area contributed by atoms with E-state index in [0.29, 0.717) is 23.9 Å². The molecule has 0 aliphatic rings. The fraction of sp³-hybridized carbons (Fsp3) is 0.292. The summed E-state index contributed by atoms with van der Waals surface area (Å²) in [6.45, 7) is 11.7. The van der Waals surface area contributed by atoms with Crippen molar-refractivity contribution in [3.8, 4) is 11.3 Å². The average Bonchev–Trinajstić information content (AvgIpc) is 3.20. The zero-order chi connectivity index (χ0) is 22.2. The summed E-state index contributed by atoms with van der Waals surface area (Å²) >= 11 is 0. The van der Waals surface area contributed by atoms with Gasteiger partial charge in [-0.3, -0.25) is 9.98 Å². The summed E-state index contributed by atoms with van der Waals surface area (Å²) < 4.78 is 2.03. The van der Waals surface area contributed by atoms with Crippen molar-refractivity contribution in [2.24, 2.45) is 10.7 Å². The molecule has 0 spiro atoms. The lowest BCUT2D eigenvalue weighted by molar-refractivity contribution is 0.604. The molecule has 2 heterocycles. The van der Waals surface area contributed by atoms with Gasteiger partial charge < -0.3 is 20.9 Å². The van der Waals surface area contributed by atoms with E-state index in [1.54, 1.807) is 12.5 Å². The number of rotatable bonds is 10. The van der Waals surface area contributed by atoms with Crippen LogP contribution in [0.15, 0.2) is 72.4 Å². The second kappa shape index (κ2) is 10.4. The molecular formula is C24H31N7. The van der Waals surface area contributed by atoms with E-state index >= 15 is 0 Å². The minimum atomic E-state index is 0.217. The van der Waals surface area contributed by atoms with Crippen LogP contribution in [-0.4, -0.2) is 26.9 Å². The van der Waals surface area contributed by atoms with Crippen molar-refractivity contribution < 1.29 is 0 Å². The first kappa shape index (κ1) is 22.1. The van der Waals surface area contributed by atoms with Gasteiger partial charge in [-0.1, -0.05) is 43.8 Å². The maximum atomic E-state index is 6.33. The highest BCUT2D eigenvalue weighted by Crippen LogP contribution is 2.21. The van der Waals surface area contributed by atoms with E-state index in [9.17, 15) is 0 Å². The number of imidazole rings is 1. The molecule has 0 radical (unpaired) electrons. The van der Waals surface area contributed by atoms with Gasteiger partial charge in [0, 0.05) is 24.3 Å². The summed E-state index contributed by atoms with van der Waals surface area (Å²) in [5.41, 5.74) is 10.0. The second-order valence-corrected chi connectivity index (χ2v) is 7.59. The third kappa shape index (κ3) is 5.72. The fourth-order valence-corrected chi connectivity index (χ4v) is 3.09. The quantitative estimate of drug-likeness (QED) is 0.338. The maximum absolute atomic E-state index is 6.33. The molecular weight excluding hydrogens is 386 g/mol. The Labute approximate surface area is 184 Å². The van der Waals surface area contributed by atoms with Crippen molar-refractivity contribution in [1.82, 2.24) is 19.9 Å². The Kier molecular flexibility index (Phi) is 7.43. The van der Waals surface area contributed by atoms with Gasteiger partial charge in [0.05, 0.1) is 24.4 Å². The lowest BCUT2D eigenvalue weighted by Crippen LogP contribution is -2.23. The molecule has 162 valence electrons. The minimum Gasteiger partial charge on any atom is -0.382 e. The molecule has 0 amide bonds. The number of hydrogen-bond acceptors (Lipinski definition) is 5. The summed E-state index contributed by atoms with van der Waals surface area (Å²) in [4.78, 5) is 13.5. The molecule has 0 saturated heterocycles. The highest BCUT2D eigenvalue weighted by atomic mass is 15.2. The van der Waals surface area contributed by atoms with Crippen molar-refractivity contribution in [3.63, 3.8) is 0 Å². The van der Waals surface area contributed by atoms with Gasteiger partial charge in [0.15, 0.2) is 0 Å². The van der Waals surface area contributed by atoms with Gasteiger partial charge in [0.2, 0.25) is 0 Å². The molecule has 0 aliphatic carbocycles. The molecule has 31 heavy (non-hydrogen) atoms. The molecule has 0 saturated carbocycles. The van der Waals surface area contributed by atoms with E-state index in [4.69, 9.17) is 5.73 Å². The number of anilines is 1. The highest BCUT2D eigenvalue weighted by Gasteiger charge is 2.16. The molecule has 7 heteroatoms. The molecule has 3 aromatic rings. The van der Waals surface area contributed by atoms with Gasteiger partial charge in [0.1, 0.15) is 17.3 Å². The molecule has 4 N–H and O–H groups in total. The summed E-state index contributed by atoms with van der Waals surface area (Å²) in [6.07, 6.45) is 4.59. The third-order valence-electron chi connectivity index (χ3n) is 4.80. The molecule has 0 fully saturated rings. The van der Waals surface area contributed by atoms with Crippen LogP contribution in [0.25, 0.3) is 11.3 Å². The topological polar surface area (TPSA) is 93.2 Å². The zero-order valence-electron chi connectivity index (χ0n) is 18.5. The summed E-state index contributed by atoms with van der Waals surface area (Å²) in [7, 11) is 0. The van der Waals surface area contributed by atoms with Gasteiger partial charge in [-0.15, -0.1) is 0 Å². The van der Waals surface area contributed by atoms with Crippen molar-refractivity contribution in [3.05, 3.63) is 78.6 Å². The van der Waals surface area contributed by atoms with Crippen LogP contribution < -0.4 is 16.4 Å². The largest absolute Gasteiger partial charge is 0.382 e. The summed E-state index contributed by atoms with van der Waals surface area (Å²) in [6, 6.07) is 14.3. The number of aliphatic imine (C=N–C) groups is 1. The molecule has 3 rings (SSSR count). The Balaban J connectivity index is 1.76. The number of amidine groups is 1. The average molecular weight is 418 g/mol. The molecule has 0 bridgehead atoms. The van der Waals surface area contributed by atoms with Gasteiger partial charge in [0.25, 0.3) is 0 Å². The van der Waals surface area contributed by atoms with E-state index in [1.807, 2.05) is 47.0 Å². The molecule has 0 atom stereocenters. The smallest absolute Gasteiger partial charge is 0.148 e. The molecule has 7 nitrogen and oxygen atoms in total. The molecule has 1 aromatic carbocycles. The molecule has 0 unspecified atom stereocenters. The normalized spacial score (nSPS) is 11.5. The predicted octanol–water partition coefficient (Wildman–Crippen LogP) is 4.31. The number of nitrogens with two attached hydrogens (primary N) is 1. The Hall–Kier alpha value is -3.61. The van der Waals surface area contributed by atoms with Crippen LogP contribution in [0.3, 0.4) is 0 Å². The van der Waals surface area contributed by atoms with Crippen molar-refractivity contribution >= 4 is 11.7 Å². The van der Waals surface area contributed by atoms with E-state index in [-0.39, 0.29) is 6.04 Å². The molecule has 2 aromatic heterocycles. The van der Waals surface area contributed by atoms with Gasteiger partial charge in [-0.2, -0.15) is 0 Å². The SMILES string of the molecule is C=C(NCCC)Nc1c(C(N)=NCc2ccc(-c3ccccn3)cc2)ncn1C(C)C. The van der Waals surface area contributed by atoms with Crippen LogP contribution in [0, 0.1) is 0 Å². The van der Waals surface area contributed by atoms with E-state index in [2.05, 4.69) is 52.9 Å². The number of pyridine rings is 1. The van der Waals surface area contributed by atoms with Gasteiger partial charge in [-0.05, 0) is 38.0 Å². The first-order valence-corrected chi connectivity index (χ1v) is 10.6. The lowest BCUT2D eigenvalue weighted by Gasteiger charge is -2.17. The second-order valence-electron chi connectivity index (χ2n) is 7.59. The number of hydrogen-bond donors (Lipinski definition) is 3. The summed E-state index contributed by atoms with van der Waals surface area (Å²) in [5.74, 6) is 1.89. The van der Waals surface area contributed by atoms with E-state index in [0.717, 1.165) is 35.6 Å². The van der Waals surface area contributed by atoms with E-state index in [1.165, 1.54) is 0 Å². The predicted molar refractivity (Wildman–Crippen MR) is 128 cm³/mol. The number of nitrogens with zero attached hydrogens (tertiary/aromatic N) is 4. The van der Waals surface area contributed by atoms with Crippen LogP contribution in [0.1, 0.15) is 44.5 Å². The van der Waals surface area contributed by atoms with Crippen molar-refractivity contribution in [2.75, 3.05) is 11.9 Å². The first-order valence-electron chi connectivity index (χ1n) is 10.6. The first-order chi connectivity index (χ1) is 15.0. The number of nitrogens with one attached hydrogen (secondary N) is 2. The van der Waals surface area contributed by atoms with Crippen LogP contribution in [-0.2, 0) is 6.54 Å². The number of benzene rings is 1. The highest BCUT2D eigenvalue weighted by molar-refractivity contribution is 6.00. The standard InChI is InChI=1S/C24H31N7/c1-5-13-26-18(4)30-24-22(29-16-31(24)17(2)3)23(25)28-15-19-9-11-20(12-10-19)21-8-6-7-14-27-21/h6-12,14,16-17,26,30H,4-5,13,15H2,1-3H3,(H2,25,28). The van der Waals surface area contributed by atoms with Crippen molar-refractivity contribution in [2.45, 2.75) is 39.8 Å². The van der Waals surface area contributed by atoms with Gasteiger partial charge >= 0.3 is 0 Å². The number of aromatic nitrogens is 3. The van der Waals surface area contributed by atoms with Crippen LogP contribution in [0.4, 0.5) is 5.82 Å². The molecule has 0 aliphatic heterocycles. The Bertz CT molecular complexity index is 1020. The van der Waals surface area contributed by atoms with Crippen LogP contribution in [0.5, 0.6) is 0 Å². The Morgan fingerprint density at radius 3 is 2.58 bits per heavy atom. The minimum absolute atomic E-state index is 0.217. The zero-order valence-corrected chi connectivity index (χ0v) is 18.5. The Morgan fingerprint density at radius 2 is 1.94 bits per heavy atom. The summed E-state index contributed by atoms with van der Waals surface area (Å²) in [5, 5.41) is 6.55. The third-order valence-corrected chi connectivity index (χ3v) is 4.80. The lowest BCUT2D eigenvalue weighted by atomic mass is 10.1. The van der Waals surface area contributed by atoms with Crippen molar-refractivity contribution in [1.29, 1.82) is 0 Å². The monoisotopic (exact) mass is 417 g/mol. The maximum Gasteiger partial charge on any atom is 0.148 e. The van der Waals surface area contributed by atoms with Gasteiger partial charge in [-0.25, -0.2) is 4.98 Å². The fourth-order valence-electron chi connectivity index (χ4n) is 3.09. The van der Waals surface area contributed by atoms with Crippen LogP contribution >= 0.6 is 0 Å². The van der Waals surface area contributed by atoms with E-state index < -0.39 is 0 Å². The van der Waals surface area contributed by atoms with Crippen LogP contribution in [0.2, 0.25) is 0 Å². The Morgan fingerprint density at radius 1 is 1.16 bits per heavy atom.